The van der Waals surface area contributed by atoms with Crippen molar-refractivity contribution in [1.29, 1.82) is 0 Å². The van der Waals surface area contributed by atoms with Crippen molar-refractivity contribution in [3.8, 4) is 0 Å². The minimum Gasteiger partial charge on any atom is -0.330 e. The van der Waals surface area contributed by atoms with Gasteiger partial charge in [-0.1, -0.05) is 13.8 Å². The van der Waals surface area contributed by atoms with Crippen LogP contribution >= 0.6 is 0 Å². The highest BCUT2D eigenvalue weighted by Crippen LogP contribution is 1.66. The van der Waals surface area contributed by atoms with Gasteiger partial charge in [-0.2, -0.15) is 0 Å². The minimum absolute atomic E-state index is 0.799. The van der Waals surface area contributed by atoms with Gasteiger partial charge in [0.2, 0.25) is 0 Å². The predicted molar refractivity (Wildman–Crippen MR) is 64.4 cm³/mol. The lowest BCUT2D eigenvalue weighted by Gasteiger charge is -1.95. The van der Waals surface area contributed by atoms with E-state index in [0.29, 0.717) is 0 Å². The van der Waals surface area contributed by atoms with Crippen molar-refractivity contribution in [2.24, 2.45) is 11.5 Å². The first-order valence-electron chi connectivity index (χ1n) is 5.64. The molecule has 0 amide bonds. The van der Waals surface area contributed by atoms with E-state index in [1.165, 1.54) is 0 Å². The standard InChI is InChI=1S/2C5H14N2/c2*1-2-7-5-3-4-6/h2*7H,2-6H2,1H3. The number of hydrogen-bond acceptors (Lipinski definition) is 4. The molecule has 4 nitrogen and oxygen atoms in total. The molecule has 0 saturated carbocycles. The Balaban J connectivity index is 0. The van der Waals surface area contributed by atoms with Gasteiger partial charge in [0.25, 0.3) is 0 Å². The van der Waals surface area contributed by atoms with Crippen LogP contribution in [0.15, 0.2) is 0 Å². The first-order valence-corrected chi connectivity index (χ1v) is 5.64. The van der Waals surface area contributed by atoms with Crippen molar-refractivity contribution in [2.75, 3.05) is 39.3 Å². The molecular weight excluding hydrogens is 176 g/mol. The summed E-state index contributed by atoms with van der Waals surface area (Å²) in [5.74, 6) is 0. The van der Waals surface area contributed by atoms with Crippen LogP contribution in [0.1, 0.15) is 26.7 Å². The molecule has 88 valence electrons. The zero-order valence-electron chi connectivity index (χ0n) is 9.81. The first kappa shape index (κ1) is 16.3. The zero-order chi connectivity index (χ0) is 11.1. The number of nitrogens with one attached hydrogen (secondary N) is 2. The topological polar surface area (TPSA) is 76.1 Å². The van der Waals surface area contributed by atoms with Gasteiger partial charge in [0, 0.05) is 0 Å². The summed E-state index contributed by atoms with van der Waals surface area (Å²) >= 11 is 0. The van der Waals surface area contributed by atoms with E-state index < -0.39 is 0 Å². The Bertz CT molecular complexity index is 60.5. The van der Waals surface area contributed by atoms with E-state index in [0.717, 1.165) is 52.1 Å². The van der Waals surface area contributed by atoms with E-state index in [2.05, 4.69) is 24.5 Å². The highest BCUT2D eigenvalue weighted by molar-refractivity contribution is 4.42. The van der Waals surface area contributed by atoms with Gasteiger partial charge in [0.05, 0.1) is 0 Å². The maximum absolute atomic E-state index is 5.23. The molecule has 0 bridgehead atoms. The minimum atomic E-state index is 0.799. The van der Waals surface area contributed by atoms with Crippen LogP contribution in [0, 0.1) is 0 Å². The second-order valence-corrected chi connectivity index (χ2v) is 2.99. The number of rotatable bonds is 8. The molecule has 0 fully saturated rings. The zero-order valence-corrected chi connectivity index (χ0v) is 9.81. The Hall–Kier alpha value is -0.160. The molecule has 0 unspecified atom stereocenters. The Morgan fingerprint density at radius 3 is 1.36 bits per heavy atom. The normalized spacial score (nSPS) is 9.43. The lowest BCUT2D eigenvalue weighted by atomic mass is 10.4. The molecule has 0 heterocycles. The molecule has 4 heteroatoms. The molecule has 0 aliphatic heterocycles. The molecule has 0 rings (SSSR count). The molecule has 0 aromatic rings. The van der Waals surface area contributed by atoms with Crippen LogP contribution in [0.4, 0.5) is 0 Å². The molecule has 0 aromatic heterocycles. The second kappa shape index (κ2) is 18.6. The third kappa shape index (κ3) is 22.6. The second-order valence-electron chi connectivity index (χ2n) is 2.99. The highest BCUT2D eigenvalue weighted by atomic mass is 14.8. The Morgan fingerprint density at radius 1 is 0.786 bits per heavy atom. The molecule has 0 atom stereocenters. The van der Waals surface area contributed by atoms with Crippen LogP contribution in [0.25, 0.3) is 0 Å². The largest absolute Gasteiger partial charge is 0.330 e. The van der Waals surface area contributed by atoms with Crippen molar-refractivity contribution in [1.82, 2.24) is 10.6 Å². The summed E-state index contributed by atoms with van der Waals surface area (Å²) in [6.07, 6.45) is 2.18. The van der Waals surface area contributed by atoms with E-state index in [1.807, 2.05) is 0 Å². The quantitative estimate of drug-likeness (QED) is 0.416. The highest BCUT2D eigenvalue weighted by Gasteiger charge is 1.78. The third-order valence-electron chi connectivity index (χ3n) is 1.62. The average Bonchev–Trinajstić information content (AvgIpc) is 2.21. The van der Waals surface area contributed by atoms with E-state index in [-0.39, 0.29) is 0 Å². The summed E-state index contributed by atoms with van der Waals surface area (Å²) in [5, 5.41) is 6.34. The van der Waals surface area contributed by atoms with Crippen LogP contribution in [-0.4, -0.2) is 39.3 Å². The fraction of sp³-hybridized carbons (Fsp3) is 1.00. The fourth-order valence-corrected chi connectivity index (χ4v) is 0.808. The van der Waals surface area contributed by atoms with E-state index >= 15 is 0 Å². The van der Waals surface area contributed by atoms with Crippen LogP contribution < -0.4 is 22.1 Å². The van der Waals surface area contributed by atoms with Crippen LogP contribution in [0.3, 0.4) is 0 Å². The molecule has 6 N–H and O–H groups in total. The molecule has 0 aromatic carbocycles. The first-order chi connectivity index (χ1) is 6.83. The summed E-state index contributed by atoms with van der Waals surface area (Å²) < 4.78 is 0. The molecule has 14 heavy (non-hydrogen) atoms. The van der Waals surface area contributed by atoms with Crippen molar-refractivity contribution in [3.05, 3.63) is 0 Å². The van der Waals surface area contributed by atoms with Crippen LogP contribution in [-0.2, 0) is 0 Å². The van der Waals surface area contributed by atoms with E-state index in [4.69, 9.17) is 11.5 Å². The van der Waals surface area contributed by atoms with Gasteiger partial charge >= 0.3 is 0 Å². The third-order valence-corrected chi connectivity index (χ3v) is 1.62. The number of nitrogens with two attached hydrogens (primary N) is 2. The van der Waals surface area contributed by atoms with Gasteiger partial charge in [0.15, 0.2) is 0 Å². The maximum atomic E-state index is 5.23. The monoisotopic (exact) mass is 204 g/mol. The van der Waals surface area contributed by atoms with Gasteiger partial charge < -0.3 is 22.1 Å². The molecule has 0 aliphatic rings. The summed E-state index contributed by atoms with van der Waals surface area (Å²) in [7, 11) is 0. The number of hydrogen-bond donors (Lipinski definition) is 4. The van der Waals surface area contributed by atoms with Gasteiger partial charge in [-0.25, -0.2) is 0 Å². The molecule has 0 saturated heterocycles. The average molecular weight is 204 g/mol. The SMILES string of the molecule is CCNCCCN.CCNCCCN. The molecule has 0 aliphatic carbocycles. The lowest BCUT2D eigenvalue weighted by molar-refractivity contribution is 0.679. The fourth-order valence-electron chi connectivity index (χ4n) is 0.808. The lowest BCUT2D eigenvalue weighted by Crippen LogP contribution is -2.17. The van der Waals surface area contributed by atoms with Gasteiger partial charge in [-0.3, -0.25) is 0 Å². The van der Waals surface area contributed by atoms with Crippen molar-refractivity contribution in [3.63, 3.8) is 0 Å². The molecule has 0 radical (unpaired) electrons. The van der Waals surface area contributed by atoms with Crippen molar-refractivity contribution in [2.45, 2.75) is 26.7 Å². The van der Waals surface area contributed by atoms with Gasteiger partial charge in [-0.05, 0) is 52.1 Å². The van der Waals surface area contributed by atoms with Crippen molar-refractivity contribution >= 4 is 0 Å². The van der Waals surface area contributed by atoms with Crippen LogP contribution in [0.2, 0.25) is 0 Å². The maximum Gasteiger partial charge on any atom is -0.00370 e. The van der Waals surface area contributed by atoms with E-state index in [9.17, 15) is 0 Å². The molecule has 0 spiro atoms. The Kier molecular flexibility index (Phi) is 21.6. The van der Waals surface area contributed by atoms with Crippen LogP contribution in [0.5, 0.6) is 0 Å². The summed E-state index contributed by atoms with van der Waals surface area (Å²) in [6.45, 7) is 10.0. The smallest absolute Gasteiger partial charge is 0.00370 e. The van der Waals surface area contributed by atoms with Gasteiger partial charge in [0.1, 0.15) is 0 Å². The summed E-state index contributed by atoms with van der Waals surface area (Å²) in [4.78, 5) is 0. The van der Waals surface area contributed by atoms with Crippen molar-refractivity contribution < 1.29 is 0 Å². The summed E-state index contributed by atoms with van der Waals surface area (Å²) in [5.41, 5.74) is 10.5. The Labute approximate surface area is 88.8 Å². The Morgan fingerprint density at radius 2 is 1.14 bits per heavy atom. The van der Waals surface area contributed by atoms with Gasteiger partial charge in [-0.15, -0.1) is 0 Å². The summed E-state index contributed by atoms with van der Waals surface area (Å²) in [6, 6.07) is 0. The predicted octanol–water partition coefficient (Wildman–Crippen LogP) is -0.111. The van der Waals surface area contributed by atoms with E-state index in [1.54, 1.807) is 0 Å². The molecular formula is C10H28N4.